The first-order valence-electron chi connectivity index (χ1n) is 11.1. The fourth-order valence-electron chi connectivity index (χ4n) is 2.48. The highest BCUT2D eigenvalue weighted by atomic mass is 16.6. The lowest BCUT2D eigenvalue weighted by molar-refractivity contribution is 0.175. The summed E-state index contributed by atoms with van der Waals surface area (Å²) < 4.78 is 22.7. The van der Waals surface area contributed by atoms with Crippen LogP contribution in [0, 0.1) is 33.5 Å². The molecule has 0 unspecified atom stereocenters. The van der Waals surface area contributed by atoms with Gasteiger partial charge in [-0.15, -0.1) is 0 Å². The van der Waals surface area contributed by atoms with Crippen LogP contribution >= 0.6 is 0 Å². The molecule has 0 spiro atoms. The smallest absolute Gasteiger partial charge is 0.526 e. The predicted octanol–water partition coefficient (Wildman–Crippen LogP) is 6.05. The van der Waals surface area contributed by atoms with Gasteiger partial charge in [0.2, 0.25) is 0 Å². The van der Waals surface area contributed by atoms with E-state index < -0.39 is 0 Å². The SMILES string of the molecule is CCC(C)(C)COc1ccc(O[B]Oc2ccc(OCC(C)(C)CC)c(C#N)c2)cc1C#N. The number of benzene rings is 2. The van der Waals surface area contributed by atoms with Crippen molar-refractivity contribution in [3.63, 3.8) is 0 Å². The number of ether oxygens (including phenoxy) is 2. The van der Waals surface area contributed by atoms with Crippen LogP contribution in [0.4, 0.5) is 0 Å². The van der Waals surface area contributed by atoms with Crippen molar-refractivity contribution < 1.29 is 18.8 Å². The molecule has 1 radical (unpaired) electrons. The largest absolute Gasteiger partial charge is 0.658 e. The van der Waals surface area contributed by atoms with E-state index >= 15 is 0 Å². The standard InChI is InChI=1S/C26H32BN2O4/c1-7-25(3,4)17-30-23-11-9-21(13-19(23)15-28)32-27-33-22-10-12-24(20(14-22)16-29)31-18-26(5,6)8-2/h9-14H,7-8,17-18H2,1-6H3. The normalized spacial score (nSPS) is 11.2. The maximum absolute atomic E-state index is 9.46. The van der Waals surface area contributed by atoms with Crippen LogP contribution in [-0.2, 0) is 0 Å². The molecular weight excluding hydrogens is 415 g/mol. The second-order valence-corrected chi connectivity index (χ2v) is 9.48. The minimum Gasteiger partial charge on any atom is -0.526 e. The fraction of sp³-hybridized carbons (Fsp3) is 0.462. The Hall–Kier alpha value is -3.32. The van der Waals surface area contributed by atoms with Crippen LogP contribution in [0.25, 0.3) is 0 Å². The molecule has 0 fully saturated rings. The molecule has 0 bridgehead atoms. The Balaban J connectivity index is 1.97. The Morgan fingerprint density at radius 1 is 0.727 bits per heavy atom. The van der Waals surface area contributed by atoms with Gasteiger partial charge < -0.3 is 18.8 Å². The number of hydrogen-bond acceptors (Lipinski definition) is 6. The van der Waals surface area contributed by atoms with Crippen LogP contribution < -0.4 is 18.8 Å². The monoisotopic (exact) mass is 447 g/mol. The van der Waals surface area contributed by atoms with Crippen LogP contribution in [0.1, 0.15) is 65.5 Å². The molecule has 0 aliphatic carbocycles. The molecule has 173 valence electrons. The van der Waals surface area contributed by atoms with Crippen molar-refractivity contribution in [2.45, 2.75) is 54.4 Å². The first-order chi connectivity index (χ1) is 15.6. The minimum absolute atomic E-state index is 0.0264. The Labute approximate surface area is 198 Å². The molecule has 2 aromatic rings. The van der Waals surface area contributed by atoms with E-state index in [4.69, 9.17) is 18.8 Å². The van der Waals surface area contributed by atoms with Gasteiger partial charge in [-0.05, 0) is 60.1 Å². The second-order valence-electron chi connectivity index (χ2n) is 9.48. The second kappa shape index (κ2) is 11.5. The van der Waals surface area contributed by atoms with E-state index in [9.17, 15) is 10.5 Å². The van der Waals surface area contributed by atoms with Gasteiger partial charge in [0, 0.05) is 0 Å². The summed E-state index contributed by atoms with van der Waals surface area (Å²) in [5.41, 5.74) is 0.823. The van der Waals surface area contributed by atoms with Crippen molar-refractivity contribution in [3.8, 4) is 35.1 Å². The lowest BCUT2D eigenvalue weighted by Crippen LogP contribution is -2.20. The van der Waals surface area contributed by atoms with Gasteiger partial charge in [-0.3, -0.25) is 0 Å². The summed E-state index contributed by atoms with van der Waals surface area (Å²) in [4.78, 5) is 0. The molecule has 0 aliphatic rings. The van der Waals surface area contributed by atoms with Gasteiger partial charge in [0.1, 0.15) is 35.1 Å². The van der Waals surface area contributed by atoms with Gasteiger partial charge in [0.25, 0.3) is 0 Å². The van der Waals surface area contributed by atoms with E-state index in [1.54, 1.807) is 36.4 Å². The van der Waals surface area contributed by atoms with Gasteiger partial charge in [0.05, 0.1) is 24.3 Å². The molecule has 2 rings (SSSR count). The highest BCUT2D eigenvalue weighted by Crippen LogP contribution is 2.29. The predicted molar refractivity (Wildman–Crippen MR) is 128 cm³/mol. The third kappa shape index (κ3) is 7.95. The zero-order valence-corrected chi connectivity index (χ0v) is 20.4. The van der Waals surface area contributed by atoms with Crippen molar-refractivity contribution in [2.24, 2.45) is 10.8 Å². The molecule has 0 heterocycles. The summed E-state index contributed by atoms with van der Waals surface area (Å²) in [5.74, 6) is 1.92. The van der Waals surface area contributed by atoms with Crippen LogP contribution in [0.5, 0.6) is 23.0 Å². The lowest BCUT2D eigenvalue weighted by atomic mass is 9.92. The quantitative estimate of drug-likeness (QED) is 0.368. The molecule has 2 aromatic carbocycles. The van der Waals surface area contributed by atoms with E-state index in [0.29, 0.717) is 47.3 Å². The molecule has 0 aliphatic heterocycles. The summed E-state index contributed by atoms with van der Waals surface area (Å²) in [5, 5.41) is 18.9. The van der Waals surface area contributed by atoms with E-state index in [0.717, 1.165) is 20.5 Å². The van der Waals surface area contributed by atoms with E-state index in [-0.39, 0.29) is 10.8 Å². The Kier molecular flexibility index (Phi) is 9.06. The highest BCUT2D eigenvalue weighted by molar-refractivity contribution is 6.20. The fourth-order valence-corrected chi connectivity index (χ4v) is 2.48. The van der Waals surface area contributed by atoms with E-state index in [1.807, 2.05) is 0 Å². The van der Waals surface area contributed by atoms with Gasteiger partial charge in [-0.25, -0.2) is 0 Å². The summed E-state index contributed by atoms with van der Waals surface area (Å²) in [6.45, 7) is 13.7. The maximum Gasteiger partial charge on any atom is 0.658 e. The lowest BCUT2D eigenvalue weighted by Gasteiger charge is -2.23. The zero-order valence-electron chi connectivity index (χ0n) is 20.4. The summed E-state index contributed by atoms with van der Waals surface area (Å²) in [6.07, 6.45) is 1.94. The Morgan fingerprint density at radius 2 is 1.12 bits per heavy atom. The Morgan fingerprint density at radius 3 is 1.45 bits per heavy atom. The number of nitrogens with zero attached hydrogens (tertiary/aromatic N) is 2. The van der Waals surface area contributed by atoms with Crippen molar-refractivity contribution in [2.75, 3.05) is 13.2 Å². The molecule has 7 heteroatoms. The van der Waals surface area contributed by atoms with Crippen LogP contribution in [0.15, 0.2) is 36.4 Å². The van der Waals surface area contributed by atoms with Crippen molar-refractivity contribution in [1.82, 2.24) is 0 Å². The van der Waals surface area contributed by atoms with Crippen molar-refractivity contribution >= 4 is 7.69 Å². The molecule has 0 aromatic heterocycles. The highest BCUT2D eigenvalue weighted by Gasteiger charge is 2.18. The summed E-state index contributed by atoms with van der Waals surface area (Å²) in [7, 11) is 1.16. The van der Waals surface area contributed by atoms with Gasteiger partial charge >= 0.3 is 7.69 Å². The third-order valence-corrected chi connectivity index (χ3v) is 5.66. The van der Waals surface area contributed by atoms with Crippen LogP contribution in [-0.4, -0.2) is 20.9 Å². The summed E-state index contributed by atoms with van der Waals surface area (Å²) in [6, 6.07) is 14.3. The average molecular weight is 447 g/mol. The number of rotatable bonds is 12. The van der Waals surface area contributed by atoms with Gasteiger partial charge in [-0.1, -0.05) is 41.5 Å². The number of hydrogen-bond donors (Lipinski definition) is 0. The van der Waals surface area contributed by atoms with Crippen LogP contribution in [0.3, 0.4) is 0 Å². The number of nitriles is 2. The zero-order chi connectivity index (χ0) is 24.5. The Bertz CT molecular complexity index is 940. The van der Waals surface area contributed by atoms with Crippen molar-refractivity contribution in [1.29, 1.82) is 10.5 Å². The molecular formula is C26H32BN2O4. The molecule has 0 atom stereocenters. The van der Waals surface area contributed by atoms with Gasteiger partial charge in [-0.2, -0.15) is 10.5 Å². The van der Waals surface area contributed by atoms with Gasteiger partial charge in [0.15, 0.2) is 0 Å². The maximum atomic E-state index is 9.46. The third-order valence-electron chi connectivity index (χ3n) is 5.66. The summed E-state index contributed by atoms with van der Waals surface area (Å²) >= 11 is 0. The topological polar surface area (TPSA) is 84.5 Å². The van der Waals surface area contributed by atoms with E-state index in [2.05, 4.69) is 53.7 Å². The molecule has 33 heavy (non-hydrogen) atoms. The molecule has 0 N–H and O–H groups in total. The molecule has 0 amide bonds. The average Bonchev–Trinajstić information content (AvgIpc) is 2.82. The van der Waals surface area contributed by atoms with Crippen LogP contribution in [0.2, 0.25) is 0 Å². The molecule has 6 nitrogen and oxygen atoms in total. The first-order valence-corrected chi connectivity index (χ1v) is 11.1. The van der Waals surface area contributed by atoms with Crippen molar-refractivity contribution in [3.05, 3.63) is 47.5 Å². The van der Waals surface area contributed by atoms with E-state index in [1.165, 1.54) is 0 Å². The molecule has 0 saturated heterocycles. The minimum atomic E-state index is 0.0264. The molecule has 0 saturated carbocycles. The first kappa shape index (κ1) is 25.9.